The number of aliphatic hydroxyl groups excluding tert-OH is 5. The van der Waals surface area contributed by atoms with Gasteiger partial charge in [0.2, 0.25) is 6.29 Å². The number of phenolic OH excluding ortho intramolecular Hbond substituents is 2. The van der Waals surface area contributed by atoms with Crippen LogP contribution in [0.15, 0.2) is 51.7 Å². The molecule has 0 radical (unpaired) electrons. The van der Waals surface area contributed by atoms with Gasteiger partial charge >= 0.3 is 5.97 Å². The Morgan fingerprint density at radius 1 is 0.841 bits per heavy atom. The summed E-state index contributed by atoms with van der Waals surface area (Å²) in [4.78, 5) is 24.8. The lowest BCUT2D eigenvalue weighted by Gasteiger charge is -2.45. The van der Waals surface area contributed by atoms with E-state index in [0.717, 1.165) is 13.0 Å². The van der Waals surface area contributed by atoms with Crippen molar-refractivity contribution >= 4 is 16.9 Å². The molecule has 0 saturated carbocycles. The van der Waals surface area contributed by atoms with Gasteiger partial charge in [-0.1, -0.05) is 0 Å². The molecule has 3 heterocycles. The van der Waals surface area contributed by atoms with Crippen LogP contribution in [0.4, 0.5) is 0 Å². The molecular formula is C29H32O15. The average Bonchev–Trinajstić information content (AvgIpc) is 2.97. The highest BCUT2D eigenvalue weighted by molar-refractivity contribution is 5.86. The van der Waals surface area contributed by atoms with Crippen molar-refractivity contribution in [2.75, 3.05) is 6.61 Å². The zero-order valence-corrected chi connectivity index (χ0v) is 23.4. The summed E-state index contributed by atoms with van der Waals surface area (Å²) in [5.74, 6) is -1.23. The Kier molecular flexibility index (Phi) is 9.10. The van der Waals surface area contributed by atoms with Crippen LogP contribution in [0.2, 0.25) is 0 Å². The third-order valence-electron chi connectivity index (χ3n) is 7.37. The van der Waals surface area contributed by atoms with Gasteiger partial charge in [0.25, 0.3) is 0 Å². The smallest absolute Gasteiger partial charge is 0.302 e. The second kappa shape index (κ2) is 12.7. The van der Waals surface area contributed by atoms with Crippen LogP contribution in [-0.4, -0.2) is 110 Å². The largest absolute Gasteiger partial charge is 0.508 e. The molecule has 0 bridgehead atoms. The summed E-state index contributed by atoms with van der Waals surface area (Å²) >= 11 is 0. The number of carbonyl (C=O) groups excluding carboxylic acids is 1. The highest BCUT2D eigenvalue weighted by Crippen LogP contribution is 2.35. The van der Waals surface area contributed by atoms with Crippen molar-refractivity contribution in [3.63, 3.8) is 0 Å². The number of fused-ring (bicyclic) bond motifs is 1. The molecule has 10 atom stereocenters. The standard InChI is InChI=1S/C29H32O15/c1-11-22(34)23(35)25(37)28(40-11)44-27-20(10-39-12(2)30)43-29(26(38)24(27)36)42-19-8-15(32)7-18-21(19)16(33)9-17(41-18)13-3-5-14(31)6-4-13/h3-9,11,20,22-29,31-32,34-38H,10H2,1-2H3/t11-,20+,22+,23+,24+,25+,26+,27+,28-,29+/m0/s1. The molecule has 1 aromatic heterocycles. The number of benzene rings is 2. The number of aromatic hydroxyl groups is 2. The Balaban J connectivity index is 1.43. The lowest BCUT2D eigenvalue weighted by molar-refractivity contribution is -0.349. The fraction of sp³-hybridized carbons (Fsp3) is 0.448. The predicted molar refractivity (Wildman–Crippen MR) is 146 cm³/mol. The van der Waals surface area contributed by atoms with Crippen LogP contribution in [0, 0.1) is 0 Å². The molecule has 0 unspecified atom stereocenters. The van der Waals surface area contributed by atoms with Crippen molar-refractivity contribution in [2.45, 2.75) is 75.3 Å². The summed E-state index contributed by atoms with van der Waals surface area (Å²) < 4.78 is 33.6. The van der Waals surface area contributed by atoms with Gasteiger partial charge < -0.3 is 63.8 Å². The molecule has 15 nitrogen and oxygen atoms in total. The Morgan fingerprint density at radius 2 is 1.52 bits per heavy atom. The number of hydrogen-bond acceptors (Lipinski definition) is 15. The van der Waals surface area contributed by atoms with Crippen LogP contribution in [0.1, 0.15) is 13.8 Å². The third-order valence-corrected chi connectivity index (χ3v) is 7.37. The summed E-state index contributed by atoms with van der Waals surface area (Å²) in [7, 11) is 0. The maximum absolute atomic E-state index is 13.2. The minimum atomic E-state index is -1.87. The number of phenols is 2. The Labute approximate surface area is 249 Å². The van der Waals surface area contributed by atoms with Gasteiger partial charge in [-0.2, -0.15) is 0 Å². The zero-order valence-electron chi connectivity index (χ0n) is 23.4. The molecule has 44 heavy (non-hydrogen) atoms. The Hall–Kier alpha value is -3.80. The first-order chi connectivity index (χ1) is 20.8. The van der Waals surface area contributed by atoms with Crippen LogP contribution in [0.5, 0.6) is 17.2 Å². The quantitative estimate of drug-likeness (QED) is 0.165. The fourth-order valence-corrected chi connectivity index (χ4v) is 5.01. The molecule has 0 amide bonds. The van der Waals surface area contributed by atoms with Crippen LogP contribution >= 0.6 is 0 Å². The molecule has 238 valence electrons. The molecule has 0 spiro atoms. The van der Waals surface area contributed by atoms with Gasteiger partial charge in [-0.15, -0.1) is 0 Å². The second-order valence-corrected chi connectivity index (χ2v) is 10.6. The zero-order chi connectivity index (χ0) is 31.9. The molecule has 2 fully saturated rings. The summed E-state index contributed by atoms with van der Waals surface area (Å²) in [5.41, 5.74) is -0.215. The van der Waals surface area contributed by atoms with Gasteiger partial charge in [0, 0.05) is 30.7 Å². The normalized spacial score (nSPS) is 32.3. The van der Waals surface area contributed by atoms with E-state index < -0.39 is 79.4 Å². The van der Waals surface area contributed by atoms with Gasteiger partial charge in [-0.3, -0.25) is 9.59 Å². The molecule has 3 aromatic rings. The summed E-state index contributed by atoms with van der Waals surface area (Å²) in [6.45, 7) is 2.02. The van der Waals surface area contributed by atoms with Crippen LogP contribution in [0.3, 0.4) is 0 Å². The number of rotatable bonds is 7. The van der Waals surface area contributed by atoms with Crippen molar-refractivity contribution in [1.82, 2.24) is 0 Å². The van der Waals surface area contributed by atoms with E-state index in [0.29, 0.717) is 5.56 Å². The molecular weight excluding hydrogens is 588 g/mol. The van der Waals surface area contributed by atoms with E-state index in [1.807, 2.05) is 0 Å². The van der Waals surface area contributed by atoms with Crippen molar-refractivity contribution < 1.29 is 68.6 Å². The maximum atomic E-state index is 13.2. The number of hydrogen-bond donors (Lipinski definition) is 7. The van der Waals surface area contributed by atoms with Crippen molar-refractivity contribution in [3.8, 4) is 28.6 Å². The predicted octanol–water partition coefficient (Wildman–Crippen LogP) is -0.528. The van der Waals surface area contributed by atoms with Crippen LogP contribution in [0.25, 0.3) is 22.3 Å². The van der Waals surface area contributed by atoms with E-state index in [9.17, 15) is 45.3 Å². The number of ether oxygens (including phenoxy) is 5. The van der Waals surface area contributed by atoms with Gasteiger partial charge in [0.05, 0.1) is 6.10 Å². The van der Waals surface area contributed by atoms with E-state index >= 15 is 0 Å². The summed E-state index contributed by atoms with van der Waals surface area (Å²) in [6.07, 6.45) is -15.7. The molecule has 5 rings (SSSR count). The molecule has 2 saturated heterocycles. The molecule has 0 aliphatic carbocycles. The number of carbonyl (C=O) groups is 1. The molecule has 2 aromatic carbocycles. The van der Waals surface area contributed by atoms with Gasteiger partial charge in [0.1, 0.15) is 83.3 Å². The monoisotopic (exact) mass is 620 g/mol. The van der Waals surface area contributed by atoms with Crippen LogP contribution in [-0.2, 0) is 23.7 Å². The highest BCUT2D eigenvalue weighted by atomic mass is 16.7. The van der Waals surface area contributed by atoms with E-state index in [2.05, 4.69) is 0 Å². The number of aliphatic hydroxyl groups is 5. The van der Waals surface area contributed by atoms with Crippen molar-refractivity contribution in [1.29, 1.82) is 0 Å². The summed E-state index contributed by atoms with van der Waals surface area (Å²) in [5, 5.41) is 72.3. The molecule has 15 heteroatoms. The molecule has 2 aliphatic rings. The topological polar surface area (TPSA) is 235 Å². The van der Waals surface area contributed by atoms with E-state index in [1.54, 1.807) is 0 Å². The minimum Gasteiger partial charge on any atom is -0.508 e. The first kappa shape index (κ1) is 31.6. The third kappa shape index (κ3) is 6.36. The highest BCUT2D eigenvalue weighted by Gasteiger charge is 2.51. The lowest BCUT2D eigenvalue weighted by atomic mass is 9.97. The average molecular weight is 621 g/mol. The van der Waals surface area contributed by atoms with Crippen molar-refractivity contribution in [2.24, 2.45) is 0 Å². The second-order valence-electron chi connectivity index (χ2n) is 10.6. The summed E-state index contributed by atoms with van der Waals surface area (Å²) in [6, 6.07) is 9.27. The number of esters is 1. The Morgan fingerprint density at radius 3 is 2.20 bits per heavy atom. The van der Waals surface area contributed by atoms with Gasteiger partial charge in [0.15, 0.2) is 11.7 Å². The van der Waals surface area contributed by atoms with E-state index in [1.165, 1.54) is 43.3 Å². The fourth-order valence-electron chi connectivity index (χ4n) is 5.01. The van der Waals surface area contributed by atoms with Crippen LogP contribution < -0.4 is 10.2 Å². The van der Waals surface area contributed by atoms with E-state index in [4.69, 9.17) is 28.1 Å². The molecule has 2 aliphatic heterocycles. The van der Waals surface area contributed by atoms with Gasteiger partial charge in [-0.25, -0.2) is 0 Å². The maximum Gasteiger partial charge on any atom is 0.302 e. The minimum absolute atomic E-state index is 0.00600. The molecule has 7 N–H and O–H groups in total. The SMILES string of the molecule is CC(=O)OC[C@H]1O[C@@H](Oc2cc(O)cc3oc(-c4ccc(O)cc4)cc(=O)c23)[C@H](O)[C@@H](O)[C@@H]1O[C@@H]1O[C@@H](C)[C@@H](O)[C@@H](O)[C@H]1O. The van der Waals surface area contributed by atoms with Gasteiger partial charge in [-0.05, 0) is 31.2 Å². The lowest BCUT2D eigenvalue weighted by Crippen LogP contribution is -2.64. The van der Waals surface area contributed by atoms with Crippen molar-refractivity contribution in [3.05, 3.63) is 52.7 Å². The first-order valence-electron chi connectivity index (χ1n) is 13.6. The van der Waals surface area contributed by atoms with E-state index in [-0.39, 0.29) is 34.0 Å². The first-order valence-corrected chi connectivity index (χ1v) is 13.6. The Bertz CT molecular complexity index is 1540.